The molecule has 0 spiro atoms. The number of halogens is 2. The SMILES string of the molecule is O=C(NCc1ccc(Cl)cc1)[C@@H]1CCCN(c2ncnc3nn(-c4ccc(F)cc4)cc23)C1. The number of piperidine rings is 1. The summed E-state index contributed by atoms with van der Waals surface area (Å²) in [6.45, 7) is 1.84. The monoisotopic (exact) mass is 464 g/mol. The minimum Gasteiger partial charge on any atom is -0.355 e. The molecule has 1 amide bonds. The summed E-state index contributed by atoms with van der Waals surface area (Å²) in [6, 6.07) is 13.6. The minimum absolute atomic E-state index is 0.0296. The highest BCUT2D eigenvalue weighted by Crippen LogP contribution is 2.28. The summed E-state index contributed by atoms with van der Waals surface area (Å²) in [7, 11) is 0. The van der Waals surface area contributed by atoms with Gasteiger partial charge < -0.3 is 10.2 Å². The van der Waals surface area contributed by atoms with Crippen LogP contribution < -0.4 is 10.2 Å². The molecule has 1 fully saturated rings. The Morgan fingerprint density at radius 3 is 2.70 bits per heavy atom. The van der Waals surface area contributed by atoms with Gasteiger partial charge in [0.25, 0.3) is 0 Å². The predicted octanol–water partition coefficient (Wildman–Crippen LogP) is 4.14. The molecular weight excluding hydrogens is 443 g/mol. The number of nitrogens with one attached hydrogen (secondary N) is 1. The molecule has 2 aromatic heterocycles. The Morgan fingerprint density at radius 2 is 1.91 bits per heavy atom. The summed E-state index contributed by atoms with van der Waals surface area (Å²) in [5, 5.41) is 9.03. The first kappa shape index (κ1) is 21.3. The Morgan fingerprint density at radius 1 is 1.12 bits per heavy atom. The second-order valence-electron chi connectivity index (χ2n) is 8.11. The molecule has 0 unspecified atom stereocenters. The second-order valence-corrected chi connectivity index (χ2v) is 8.55. The molecule has 7 nitrogen and oxygen atoms in total. The van der Waals surface area contributed by atoms with E-state index in [0.29, 0.717) is 23.8 Å². The van der Waals surface area contributed by atoms with Crippen molar-refractivity contribution in [2.24, 2.45) is 5.92 Å². The zero-order valence-electron chi connectivity index (χ0n) is 17.8. The van der Waals surface area contributed by atoms with Gasteiger partial charge in [-0.1, -0.05) is 23.7 Å². The lowest BCUT2D eigenvalue weighted by Crippen LogP contribution is -2.43. The topological polar surface area (TPSA) is 75.9 Å². The van der Waals surface area contributed by atoms with Crippen molar-refractivity contribution in [1.82, 2.24) is 25.1 Å². The molecule has 0 aliphatic carbocycles. The number of nitrogens with zero attached hydrogens (tertiary/aromatic N) is 5. The standard InChI is InChI=1S/C24H22ClFN6O/c25-18-5-3-16(4-6-18)12-27-24(33)17-2-1-11-31(13-17)23-21-14-32(30-22(21)28-15-29-23)20-9-7-19(26)8-10-20/h3-10,14-15,17H,1-2,11-13H2,(H,27,33)/t17-/m1/s1. The van der Waals surface area contributed by atoms with Crippen LogP contribution in [0.3, 0.4) is 0 Å². The third-order valence-corrected chi connectivity index (χ3v) is 6.11. The molecule has 1 aliphatic heterocycles. The number of hydrogen-bond donors (Lipinski definition) is 1. The lowest BCUT2D eigenvalue weighted by Gasteiger charge is -2.33. The number of amides is 1. The molecule has 0 radical (unpaired) electrons. The summed E-state index contributed by atoms with van der Waals surface area (Å²) >= 11 is 5.93. The number of benzene rings is 2. The van der Waals surface area contributed by atoms with E-state index in [9.17, 15) is 9.18 Å². The largest absolute Gasteiger partial charge is 0.355 e. The first-order chi connectivity index (χ1) is 16.1. The molecule has 0 saturated carbocycles. The summed E-state index contributed by atoms with van der Waals surface area (Å²) in [4.78, 5) is 23.8. The van der Waals surface area contributed by atoms with Crippen LogP contribution in [-0.2, 0) is 11.3 Å². The van der Waals surface area contributed by atoms with E-state index in [0.717, 1.165) is 41.8 Å². The number of hydrogen-bond acceptors (Lipinski definition) is 5. The van der Waals surface area contributed by atoms with Gasteiger partial charge in [-0.05, 0) is 54.8 Å². The maximum absolute atomic E-state index is 13.3. The Hall–Kier alpha value is -3.52. The van der Waals surface area contributed by atoms with Gasteiger partial charge in [0.05, 0.1) is 17.0 Å². The summed E-state index contributed by atoms with van der Waals surface area (Å²) in [5.74, 6) is 0.346. The van der Waals surface area contributed by atoms with Crippen LogP contribution in [0, 0.1) is 11.7 Å². The molecule has 5 rings (SSSR count). The van der Waals surface area contributed by atoms with Gasteiger partial charge in [0.2, 0.25) is 5.91 Å². The molecule has 1 saturated heterocycles. The van der Waals surface area contributed by atoms with Crippen LogP contribution in [0.2, 0.25) is 5.02 Å². The normalized spacial score (nSPS) is 16.2. The van der Waals surface area contributed by atoms with Crippen LogP contribution in [0.1, 0.15) is 18.4 Å². The van der Waals surface area contributed by atoms with E-state index in [1.54, 1.807) is 16.8 Å². The van der Waals surface area contributed by atoms with Gasteiger partial charge >= 0.3 is 0 Å². The van der Waals surface area contributed by atoms with Crippen LogP contribution in [-0.4, -0.2) is 38.7 Å². The van der Waals surface area contributed by atoms with Crippen molar-refractivity contribution in [1.29, 1.82) is 0 Å². The molecule has 3 heterocycles. The number of carbonyl (C=O) groups is 1. The average molecular weight is 465 g/mol. The van der Waals surface area contributed by atoms with E-state index in [2.05, 4.69) is 25.3 Å². The molecule has 1 aliphatic rings. The first-order valence-corrected chi connectivity index (χ1v) is 11.2. The summed E-state index contributed by atoms with van der Waals surface area (Å²) in [6.07, 6.45) is 5.05. The van der Waals surface area contributed by atoms with Crippen molar-refractivity contribution >= 4 is 34.4 Å². The quantitative estimate of drug-likeness (QED) is 0.480. The number of fused-ring (bicyclic) bond motifs is 1. The van der Waals surface area contributed by atoms with Crippen molar-refractivity contribution in [2.75, 3.05) is 18.0 Å². The van der Waals surface area contributed by atoms with Crippen molar-refractivity contribution in [3.63, 3.8) is 0 Å². The first-order valence-electron chi connectivity index (χ1n) is 10.8. The summed E-state index contributed by atoms with van der Waals surface area (Å²) in [5.41, 5.74) is 2.29. The molecule has 168 valence electrons. The molecule has 1 atom stereocenters. The molecule has 33 heavy (non-hydrogen) atoms. The van der Waals surface area contributed by atoms with Crippen LogP contribution >= 0.6 is 11.6 Å². The molecule has 4 aromatic rings. The van der Waals surface area contributed by atoms with Crippen LogP contribution in [0.4, 0.5) is 10.2 Å². The number of aromatic nitrogens is 4. The van der Waals surface area contributed by atoms with Gasteiger partial charge in [0, 0.05) is 30.9 Å². The lowest BCUT2D eigenvalue weighted by atomic mass is 9.97. The van der Waals surface area contributed by atoms with Gasteiger partial charge in [0.1, 0.15) is 18.0 Å². The van der Waals surface area contributed by atoms with Crippen LogP contribution in [0.15, 0.2) is 61.1 Å². The Labute approximate surface area is 195 Å². The summed E-state index contributed by atoms with van der Waals surface area (Å²) < 4.78 is 15.0. The van der Waals surface area contributed by atoms with E-state index in [1.165, 1.54) is 18.5 Å². The van der Waals surface area contributed by atoms with Gasteiger partial charge in [-0.15, -0.1) is 5.10 Å². The average Bonchev–Trinajstić information content (AvgIpc) is 3.28. The molecule has 9 heteroatoms. The fourth-order valence-corrected chi connectivity index (χ4v) is 4.25. The zero-order chi connectivity index (χ0) is 22.8. The van der Waals surface area contributed by atoms with E-state index in [1.807, 2.05) is 30.5 Å². The van der Waals surface area contributed by atoms with Crippen LogP contribution in [0.25, 0.3) is 16.7 Å². The molecule has 0 bridgehead atoms. The van der Waals surface area contributed by atoms with Crippen molar-refractivity contribution in [3.8, 4) is 5.69 Å². The van der Waals surface area contributed by atoms with Gasteiger partial charge in [-0.3, -0.25) is 4.79 Å². The Bertz CT molecular complexity index is 1270. The molecule has 1 N–H and O–H groups in total. The van der Waals surface area contributed by atoms with E-state index in [4.69, 9.17) is 11.6 Å². The second kappa shape index (κ2) is 9.15. The van der Waals surface area contributed by atoms with Crippen molar-refractivity contribution in [3.05, 3.63) is 77.5 Å². The maximum Gasteiger partial charge on any atom is 0.225 e. The molecule has 2 aromatic carbocycles. The van der Waals surface area contributed by atoms with Gasteiger partial charge in [-0.25, -0.2) is 19.0 Å². The maximum atomic E-state index is 13.3. The highest BCUT2D eigenvalue weighted by Gasteiger charge is 2.28. The fourth-order valence-electron chi connectivity index (χ4n) is 4.12. The lowest BCUT2D eigenvalue weighted by molar-refractivity contribution is -0.125. The fraction of sp³-hybridized carbons (Fsp3) is 0.250. The van der Waals surface area contributed by atoms with E-state index in [-0.39, 0.29) is 17.6 Å². The van der Waals surface area contributed by atoms with Crippen molar-refractivity contribution in [2.45, 2.75) is 19.4 Å². The number of rotatable bonds is 5. The number of anilines is 1. The smallest absolute Gasteiger partial charge is 0.225 e. The van der Waals surface area contributed by atoms with Gasteiger partial charge in [0.15, 0.2) is 5.65 Å². The van der Waals surface area contributed by atoms with Gasteiger partial charge in [-0.2, -0.15) is 0 Å². The Balaban J connectivity index is 1.32. The predicted molar refractivity (Wildman–Crippen MR) is 125 cm³/mol. The third kappa shape index (κ3) is 4.66. The highest BCUT2D eigenvalue weighted by molar-refractivity contribution is 6.30. The van der Waals surface area contributed by atoms with Crippen molar-refractivity contribution < 1.29 is 9.18 Å². The third-order valence-electron chi connectivity index (χ3n) is 5.86. The van der Waals surface area contributed by atoms with Crippen LogP contribution in [0.5, 0.6) is 0 Å². The van der Waals surface area contributed by atoms with E-state index < -0.39 is 0 Å². The van der Waals surface area contributed by atoms with E-state index >= 15 is 0 Å². The molecular formula is C24H22ClFN6O. The Kier molecular flexibility index (Phi) is 5.92. The minimum atomic E-state index is -0.301. The highest BCUT2D eigenvalue weighted by atomic mass is 35.5. The zero-order valence-corrected chi connectivity index (χ0v) is 18.5. The number of carbonyl (C=O) groups excluding carboxylic acids is 1.